The molecule has 0 spiro atoms. The Bertz CT molecular complexity index is 948. The molecule has 0 fully saturated rings. The first-order valence-electron chi connectivity index (χ1n) is 7.23. The second-order valence-electron chi connectivity index (χ2n) is 5.07. The van der Waals surface area contributed by atoms with Crippen LogP contribution in [0.25, 0.3) is 22.3 Å². The van der Waals surface area contributed by atoms with E-state index >= 15 is 0 Å². The summed E-state index contributed by atoms with van der Waals surface area (Å²) in [6.07, 6.45) is -4.57. The summed E-state index contributed by atoms with van der Waals surface area (Å²) in [5.74, 6) is -0.177. The van der Waals surface area contributed by atoms with E-state index in [4.69, 9.17) is 4.74 Å². The van der Waals surface area contributed by atoms with Gasteiger partial charge in [0, 0.05) is 5.56 Å². The standard InChI is InChI=1S/C17H13F3N2O2/c1-2-24-14-8-7-10(9-12(14)17(18,19)20)15-21-13-6-4-3-5-11(13)16(23)22-15/h3-9H,2H2,1H3,(H,21,22,23). The zero-order valence-electron chi connectivity index (χ0n) is 12.6. The molecule has 0 saturated carbocycles. The number of aromatic amines is 1. The van der Waals surface area contributed by atoms with Gasteiger partial charge >= 0.3 is 6.18 Å². The average molecular weight is 334 g/mol. The lowest BCUT2D eigenvalue weighted by Crippen LogP contribution is -2.11. The Kier molecular flexibility index (Phi) is 4.01. The summed E-state index contributed by atoms with van der Waals surface area (Å²) in [7, 11) is 0. The number of aromatic nitrogens is 2. The smallest absolute Gasteiger partial charge is 0.419 e. The lowest BCUT2D eigenvalue weighted by molar-refractivity contribution is -0.138. The van der Waals surface area contributed by atoms with E-state index in [-0.39, 0.29) is 23.7 Å². The third-order valence-electron chi connectivity index (χ3n) is 3.47. The van der Waals surface area contributed by atoms with Gasteiger partial charge in [0.05, 0.1) is 23.1 Å². The van der Waals surface area contributed by atoms with Gasteiger partial charge in [0.2, 0.25) is 0 Å². The van der Waals surface area contributed by atoms with E-state index in [1.54, 1.807) is 31.2 Å². The van der Waals surface area contributed by atoms with Crippen molar-refractivity contribution in [2.24, 2.45) is 0 Å². The molecule has 0 atom stereocenters. The summed E-state index contributed by atoms with van der Waals surface area (Å²) >= 11 is 0. The number of ether oxygens (including phenoxy) is 1. The van der Waals surface area contributed by atoms with Crippen LogP contribution < -0.4 is 10.3 Å². The maximum Gasteiger partial charge on any atom is 0.419 e. The van der Waals surface area contributed by atoms with Crippen LogP contribution in [0, 0.1) is 0 Å². The summed E-state index contributed by atoms with van der Waals surface area (Å²) in [4.78, 5) is 18.8. The van der Waals surface area contributed by atoms with Crippen molar-refractivity contribution >= 4 is 10.9 Å². The third-order valence-corrected chi connectivity index (χ3v) is 3.47. The zero-order chi connectivity index (χ0) is 17.3. The highest BCUT2D eigenvalue weighted by atomic mass is 19.4. The molecule has 0 unspecified atom stereocenters. The van der Waals surface area contributed by atoms with Gasteiger partial charge in [0.15, 0.2) is 0 Å². The van der Waals surface area contributed by atoms with E-state index in [0.29, 0.717) is 10.9 Å². The lowest BCUT2D eigenvalue weighted by atomic mass is 10.1. The van der Waals surface area contributed by atoms with Crippen LogP contribution in [0.15, 0.2) is 47.3 Å². The van der Waals surface area contributed by atoms with Crippen LogP contribution in [0.3, 0.4) is 0 Å². The van der Waals surface area contributed by atoms with Gasteiger partial charge in [0.1, 0.15) is 11.6 Å². The number of fused-ring (bicyclic) bond motifs is 1. The molecule has 24 heavy (non-hydrogen) atoms. The molecule has 0 bridgehead atoms. The molecule has 1 aromatic heterocycles. The first-order valence-corrected chi connectivity index (χ1v) is 7.23. The summed E-state index contributed by atoms with van der Waals surface area (Å²) < 4.78 is 44.7. The first kappa shape index (κ1) is 16.0. The molecule has 1 heterocycles. The second kappa shape index (κ2) is 5.99. The van der Waals surface area contributed by atoms with Crippen molar-refractivity contribution in [3.63, 3.8) is 0 Å². The van der Waals surface area contributed by atoms with Gasteiger partial charge in [-0.05, 0) is 37.3 Å². The number of nitrogens with zero attached hydrogens (tertiary/aromatic N) is 1. The van der Waals surface area contributed by atoms with Gasteiger partial charge in [-0.1, -0.05) is 12.1 Å². The van der Waals surface area contributed by atoms with Gasteiger partial charge in [-0.15, -0.1) is 0 Å². The summed E-state index contributed by atoms with van der Waals surface area (Å²) in [5.41, 5.74) is -0.733. The van der Waals surface area contributed by atoms with Gasteiger partial charge in [-0.2, -0.15) is 13.2 Å². The molecule has 1 N–H and O–H groups in total. The van der Waals surface area contributed by atoms with Crippen molar-refractivity contribution in [3.05, 3.63) is 58.4 Å². The quantitative estimate of drug-likeness (QED) is 0.787. The normalized spacial score (nSPS) is 11.7. The van der Waals surface area contributed by atoms with Crippen LogP contribution in [-0.4, -0.2) is 16.6 Å². The van der Waals surface area contributed by atoms with Crippen LogP contribution in [-0.2, 0) is 6.18 Å². The van der Waals surface area contributed by atoms with Crippen LogP contribution >= 0.6 is 0 Å². The number of nitrogens with one attached hydrogen (secondary N) is 1. The molecule has 0 radical (unpaired) electrons. The molecule has 0 aliphatic heterocycles. The Morgan fingerprint density at radius 1 is 1.17 bits per heavy atom. The molecule has 2 aromatic carbocycles. The average Bonchev–Trinajstić information content (AvgIpc) is 2.54. The van der Waals surface area contributed by atoms with Gasteiger partial charge < -0.3 is 9.72 Å². The largest absolute Gasteiger partial charge is 0.493 e. The number of benzene rings is 2. The van der Waals surface area contributed by atoms with Crippen LogP contribution in [0.1, 0.15) is 12.5 Å². The second-order valence-corrected chi connectivity index (χ2v) is 5.07. The highest BCUT2D eigenvalue weighted by Crippen LogP contribution is 2.38. The minimum Gasteiger partial charge on any atom is -0.493 e. The Balaban J connectivity index is 2.18. The number of halogens is 3. The molecular formula is C17H13F3N2O2. The molecule has 0 saturated heterocycles. The van der Waals surface area contributed by atoms with Crippen molar-refractivity contribution in [2.75, 3.05) is 6.61 Å². The SMILES string of the molecule is CCOc1ccc(-c2nc3ccccc3c(=O)[nH]2)cc1C(F)(F)F. The van der Waals surface area contributed by atoms with Crippen molar-refractivity contribution < 1.29 is 17.9 Å². The van der Waals surface area contributed by atoms with E-state index in [9.17, 15) is 18.0 Å². The van der Waals surface area contributed by atoms with Crippen LogP contribution in [0.4, 0.5) is 13.2 Å². The number of alkyl halides is 3. The van der Waals surface area contributed by atoms with Crippen molar-refractivity contribution in [1.82, 2.24) is 9.97 Å². The number of rotatable bonds is 3. The van der Waals surface area contributed by atoms with Gasteiger partial charge in [-0.25, -0.2) is 4.98 Å². The molecule has 7 heteroatoms. The Hall–Kier alpha value is -2.83. The van der Waals surface area contributed by atoms with Gasteiger partial charge in [-0.3, -0.25) is 4.79 Å². The van der Waals surface area contributed by atoms with Crippen molar-refractivity contribution in [1.29, 1.82) is 0 Å². The van der Waals surface area contributed by atoms with Crippen molar-refractivity contribution in [3.8, 4) is 17.1 Å². The maximum atomic E-state index is 13.2. The topological polar surface area (TPSA) is 55.0 Å². The van der Waals surface area contributed by atoms with Crippen molar-refractivity contribution in [2.45, 2.75) is 13.1 Å². The predicted molar refractivity (Wildman–Crippen MR) is 84.0 cm³/mol. The Morgan fingerprint density at radius 2 is 1.92 bits per heavy atom. The molecule has 0 amide bonds. The number of hydrogen-bond acceptors (Lipinski definition) is 3. The van der Waals surface area contributed by atoms with Crippen LogP contribution in [0.5, 0.6) is 5.75 Å². The van der Waals surface area contributed by atoms with E-state index in [1.807, 2.05) is 0 Å². The minimum atomic E-state index is -4.57. The van der Waals surface area contributed by atoms with E-state index in [2.05, 4.69) is 9.97 Å². The summed E-state index contributed by atoms with van der Waals surface area (Å²) in [6, 6.07) is 10.2. The number of para-hydroxylation sites is 1. The molecular weight excluding hydrogens is 321 g/mol. The molecule has 0 aliphatic carbocycles. The fourth-order valence-corrected chi connectivity index (χ4v) is 2.40. The summed E-state index contributed by atoms with van der Waals surface area (Å²) in [6.45, 7) is 1.73. The van der Waals surface area contributed by atoms with Gasteiger partial charge in [0.25, 0.3) is 5.56 Å². The Morgan fingerprint density at radius 3 is 2.62 bits per heavy atom. The molecule has 3 rings (SSSR count). The minimum absolute atomic E-state index is 0.0762. The highest BCUT2D eigenvalue weighted by Gasteiger charge is 2.35. The van der Waals surface area contributed by atoms with E-state index in [1.165, 1.54) is 12.1 Å². The Labute approximate surface area is 134 Å². The number of H-pyrrole nitrogens is 1. The third kappa shape index (κ3) is 2.97. The van der Waals surface area contributed by atoms with E-state index in [0.717, 1.165) is 6.07 Å². The lowest BCUT2D eigenvalue weighted by Gasteiger charge is -2.14. The monoisotopic (exact) mass is 334 g/mol. The summed E-state index contributed by atoms with van der Waals surface area (Å²) in [5, 5.41) is 0.378. The molecule has 0 aliphatic rings. The molecule has 124 valence electrons. The molecule has 3 aromatic rings. The maximum absolute atomic E-state index is 13.2. The number of hydrogen-bond donors (Lipinski definition) is 1. The van der Waals surface area contributed by atoms with E-state index < -0.39 is 17.3 Å². The predicted octanol–water partition coefficient (Wildman–Crippen LogP) is 4.01. The first-order chi connectivity index (χ1) is 11.4. The molecule has 4 nitrogen and oxygen atoms in total. The fourth-order valence-electron chi connectivity index (χ4n) is 2.40. The zero-order valence-corrected chi connectivity index (χ0v) is 12.6. The highest BCUT2D eigenvalue weighted by molar-refractivity contribution is 5.79. The fraction of sp³-hybridized carbons (Fsp3) is 0.176. The van der Waals surface area contributed by atoms with Crippen LogP contribution in [0.2, 0.25) is 0 Å².